The minimum Gasteiger partial charge on any atom is -0.396 e. The molecule has 0 aliphatic carbocycles. The Bertz CT molecular complexity index is 1460. The van der Waals surface area contributed by atoms with Crippen LogP contribution >= 0.6 is 0 Å². The Morgan fingerprint density at radius 1 is 0.759 bits per heavy atom. The fraction of sp³-hybridized carbons (Fsp3) is 0.814. The minimum atomic E-state index is -1.19. The molecule has 7 saturated heterocycles. The van der Waals surface area contributed by atoms with E-state index >= 15 is 0 Å². The van der Waals surface area contributed by atoms with Crippen LogP contribution in [0.1, 0.15) is 105 Å². The molecule has 8 rings (SSSR count). The fourth-order valence-corrected chi connectivity index (χ4v) is 11.1. The molecule has 8 aliphatic rings. The Labute approximate surface area is 321 Å². The lowest BCUT2D eigenvalue weighted by molar-refractivity contribution is -0.369. The van der Waals surface area contributed by atoms with Gasteiger partial charge in [-0.25, -0.2) is 0 Å². The van der Waals surface area contributed by atoms with Gasteiger partial charge in [-0.3, -0.25) is 0 Å². The highest BCUT2D eigenvalue weighted by Gasteiger charge is 2.64. The van der Waals surface area contributed by atoms with Gasteiger partial charge >= 0.3 is 0 Å². The number of hydrogen-bond acceptors (Lipinski definition) is 11. The summed E-state index contributed by atoms with van der Waals surface area (Å²) in [5.74, 6) is 0. The summed E-state index contributed by atoms with van der Waals surface area (Å²) in [7, 11) is 0. The molecule has 11 heteroatoms. The van der Waals surface area contributed by atoms with Crippen LogP contribution in [0.4, 0.5) is 0 Å². The highest BCUT2D eigenvalue weighted by atomic mass is 16.6. The summed E-state index contributed by atoms with van der Waals surface area (Å²) in [6.45, 7) is 14.0. The molecule has 0 aromatic carbocycles. The van der Waals surface area contributed by atoms with Crippen LogP contribution in [0.3, 0.4) is 0 Å². The maximum atomic E-state index is 11.3. The predicted octanol–water partition coefficient (Wildman–Crippen LogP) is 4.94. The van der Waals surface area contributed by atoms with Gasteiger partial charge in [0.15, 0.2) is 0 Å². The standard InChI is InChI=1S/C43H64O11/c1-7-8-9-10-11-14-34-39(2,46)18-17-28-30(49-34)22-36-42(5,52-28)25-41(4)35(51-36)16-15-27-31(53-41)21-29-32(48-27)24-40(3)37(50-29)23-38-43(6,54-40)33(45)20-26(47-38)13-12-19-44/h7,9-11,14,17-18,26-38,44-46H,1,8,12-13,15-16,19-25H2,2-6H3/b10-9-,14-11-. The van der Waals surface area contributed by atoms with E-state index in [2.05, 4.69) is 27.4 Å². The quantitative estimate of drug-likeness (QED) is 0.241. The minimum absolute atomic E-state index is 0.104. The smallest absolute Gasteiger partial charge is 0.118 e. The zero-order valence-electron chi connectivity index (χ0n) is 32.8. The van der Waals surface area contributed by atoms with E-state index in [0.29, 0.717) is 51.4 Å². The molecule has 0 saturated carbocycles. The molecular formula is C43H64O11. The van der Waals surface area contributed by atoms with Crippen molar-refractivity contribution in [3.8, 4) is 0 Å². The predicted molar refractivity (Wildman–Crippen MR) is 200 cm³/mol. The third-order valence-corrected chi connectivity index (χ3v) is 14.1. The zero-order valence-corrected chi connectivity index (χ0v) is 32.8. The van der Waals surface area contributed by atoms with E-state index in [4.69, 9.17) is 37.9 Å². The van der Waals surface area contributed by atoms with E-state index in [0.717, 1.165) is 19.3 Å². The van der Waals surface area contributed by atoms with Crippen LogP contribution in [0.5, 0.6) is 0 Å². The molecule has 3 N–H and O–H groups in total. The van der Waals surface area contributed by atoms with Gasteiger partial charge in [0.2, 0.25) is 0 Å². The maximum absolute atomic E-state index is 11.3. The number of allylic oxidation sites excluding steroid dienone is 4. The van der Waals surface area contributed by atoms with Gasteiger partial charge in [0.05, 0.1) is 83.9 Å². The summed E-state index contributed by atoms with van der Waals surface area (Å²) in [6.07, 6.45) is 17.5. The first-order valence-electron chi connectivity index (χ1n) is 20.6. The molecule has 54 heavy (non-hydrogen) atoms. The first kappa shape index (κ1) is 39.4. The van der Waals surface area contributed by atoms with Crippen molar-refractivity contribution in [1.82, 2.24) is 0 Å². The van der Waals surface area contributed by atoms with Gasteiger partial charge < -0.3 is 53.2 Å². The molecule has 302 valence electrons. The molecule has 0 aromatic rings. The normalized spacial score (nSPS) is 54.2. The summed E-state index contributed by atoms with van der Waals surface area (Å²) in [5.41, 5.74) is -3.89. The summed E-state index contributed by atoms with van der Waals surface area (Å²) in [4.78, 5) is 0. The topological polar surface area (TPSA) is 135 Å². The molecule has 0 amide bonds. The number of aliphatic hydroxyl groups is 3. The van der Waals surface area contributed by atoms with Crippen molar-refractivity contribution in [3.63, 3.8) is 0 Å². The van der Waals surface area contributed by atoms with Crippen LogP contribution < -0.4 is 0 Å². The van der Waals surface area contributed by atoms with Crippen molar-refractivity contribution < 1.29 is 53.2 Å². The first-order valence-corrected chi connectivity index (χ1v) is 20.6. The van der Waals surface area contributed by atoms with Gasteiger partial charge in [-0.2, -0.15) is 0 Å². The summed E-state index contributed by atoms with van der Waals surface area (Å²) >= 11 is 0. The van der Waals surface area contributed by atoms with Crippen LogP contribution in [0.2, 0.25) is 0 Å². The van der Waals surface area contributed by atoms with Crippen LogP contribution in [0.25, 0.3) is 0 Å². The number of hydrogen-bond donors (Lipinski definition) is 3. The van der Waals surface area contributed by atoms with E-state index in [1.165, 1.54) is 0 Å². The summed E-state index contributed by atoms with van der Waals surface area (Å²) in [5, 5.41) is 32.1. The molecule has 0 aromatic heterocycles. The highest BCUT2D eigenvalue weighted by Crippen LogP contribution is 2.54. The van der Waals surface area contributed by atoms with E-state index in [1.54, 1.807) is 6.92 Å². The highest BCUT2D eigenvalue weighted by molar-refractivity contribution is 5.20. The zero-order chi connectivity index (χ0) is 38.1. The number of rotatable bonds is 7. The van der Waals surface area contributed by atoms with E-state index in [-0.39, 0.29) is 73.8 Å². The van der Waals surface area contributed by atoms with Crippen LogP contribution in [0, 0.1) is 0 Å². The van der Waals surface area contributed by atoms with Crippen molar-refractivity contribution in [2.75, 3.05) is 6.61 Å². The first-order chi connectivity index (χ1) is 25.7. The summed E-state index contributed by atoms with van der Waals surface area (Å²) in [6, 6.07) is 0. The second-order valence-corrected chi connectivity index (χ2v) is 18.5. The Hall–Kier alpha value is -1.48. The lowest BCUT2D eigenvalue weighted by Crippen LogP contribution is -2.72. The molecule has 0 radical (unpaired) electrons. The van der Waals surface area contributed by atoms with Crippen molar-refractivity contribution >= 4 is 0 Å². The SMILES string of the molecule is C=CC/C=C\C=C/C1OC2CC3OC4CCC5OC6CC7(C)OC8(C)C(O)CC(CCCO)OC8CC7OC6CC5OC4(C)CC3(C)OC2C=CC1(C)O. The Morgan fingerprint density at radius 2 is 1.56 bits per heavy atom. The molecule has 18 unspecified atom stereocenters. The van der Waals surface area contributed by atoms with Gasteiger partial charge in [-0.1, -0.05) is 42.5 Å². The van der Waals surface area contributed by atoms with Gasteiger partial charge in [0.1, 0.15) is 23.4 Å². The average molecular weight is 757 g/mol. The van der Waals surface area contributed by atoms with E-state index in [1.807, 2.05) is 49.5 Å². The molecule has 8 heterocycles. The molecule has 0 bridgehead atoms. The van der Waals surface area contributed by atoms with Crippen LogP contribution in [-0.4, -0.2) is 129 Å². The lowest BCUT2D eigenvalue weighted by Gasteiger charge is -2.61. The molecule has 18 atom stereocenters. The van der Waals surface area contributed by atoms with Crippen LogP contribution in [0.15, 0.2) is 49.1 Å². The third kappa shape index (κ3) is 7.16. The number of ether oxygens (including phenoxy) is 8. The van der Waals surface area contributed by atoms with Crippen molar-refractivity contribution in [3.05, 3.63) is 49.1 Å². The monoisotopic (exact) mass is 756 g/mol. The lowest BCUT2D eigenvalue weighted by atomic mass is 9.72. The van der Waals surface area contributed by atoms with Crippen molar-refractivity contribution in [1.29, 1.82) is 0 Å². The van der Waals surface area contributed by atoms with E-state index < -0.39 is 40.2 Å². The summed E-state index contributed by atoms with van der Waals surface area (Å²) < 4.78 is 54.9. The average Bonchev–Trinajstić information content (AvgIpc) is 3.31. The molecular weight excluding hydrogens is 692 g/mol. The largest absolute Gasteiger partial charge is 0.396 e. The molecule has 11 nitrogen and oxygen atoms in total. The molecule has 7 fully saturated rings. The van der Waals surface area contributed by atoms with Crippen molar-refractivity contribution in [2.24, 2.45) is 0 Å². The Morgan fingerprint density at radius 3 is 2.35 bits per heavy atom. The number of aliphatic hydroxyl groups excluding tert-OH is 2. The van der Waals surface area contributed by atoms with Gasteiger partial charge in [-0.05, 0) is 66.7 Å². The fourth-order valence-electron chi connectivity index (χ4n) is 11.1. The second-order valence-electron chi connectivity index (χ2n) is 18.5. The second kappa shape index (κ2) is 14.7. The molecule has 8 aliphatic heterocycles. The Kier molecular flexibility index (Phi) is 10.7. The van der Waals surface area contributed by atoms with Crippen LogP contribution in [-0.2, 0) is 37.9 Å². The van der Waals surface area contributed by atoms with Crippen molar-refractivity contribution in [2.45, 2.75) is 213 Å². The van der Waals surface area contributed by atoms with E-state index in [9.17, 15) is 15.3 Å². The molecule has 0 spiro atoms. The van der Waals surface area contributed by atoms with Gasteiger partial charge in [-0.15, -0.1) is 6.58 Å². The Balaban J connectivity index is 0.950. The number of fused-ring (bicyclic) bond motifs is 7. The van der Waals surface area contributed by atoms with Gasteiger partial charge in [0.25, 0.3) is 0 Å². The maximum Gasteiger partial charge on any atom is 0.118 e. The third-order valence-electron chi connectivity index (χ3n) is 14.1. The van der Waals surface area contributed by atoms with Gasteiger partial charge in [0, 0.05) is 45.1 Å².